The summed E-state index contributed by atoms with van der Waals surface area (Å²) in [4.78, 5) is 20.2. The molecule has 3 aromatic heterocycles. The number of H-pyrrole nitrogens is 2. The summed E-state index contributed by atoms with van der Waals surface area (Å²) in [6, 6.07) is 5.69. The summed E-state index contributed by atoms with van der Waals surface area (Å²) in [5, 5.41) is 28.7. The molecule has 3 heterocycles. The van der Waals surface area contributed by atoms with Crippen LogP contribution in [0.5, 0.6) is 0 Å². The number of thiophene rings is 1. The first-order valence-corrected chi connectivity index (χ1v) is 9.68. The van der Waals surface area contributed by atoms with E-state index in [4.69, 9.17) is 0 Å². The highest BCUT2D eigenvalue weighted by molar-refractivity contribution is 7.13. The maximum absolute atomic E-state index is 12.2. The molecule has 1 aliphatic rings. The first-order valence-electron chi connectivity index (χ1n) is 8.80. The minimum Gasteiger partial charge on any atom is -0.355 e. The molecular formula is C17H18N8OS. The van der Waals surface area contributed by atoms with E-state index in [2.05, 4.69) is 35.9 Å². The molecule has 27 heavy (non-hydrogen) atoms. The number of tetrazole rings is 1. The number of nitrogens with one attached hydrogen (secondary N) is 3. The molecule has 1 fully saturated rings. The lowest BCUT2D eigenvalue weighted by Crippen LogP contribution is -2.23. The molecule has 0 aliphatic heterocycles. The number of nitriles is 1. The SMILES string of the molecule is N#Cc1c(-c2cccs2)nc(NCC2CCC(c3nn[nH]n3)CC2)[nH]c1=O. The molecule has 138 valence electrons. The van der Waals surface area contributed by atoms with Gasteiger partial charge in [-0.25, -0.2) is 4.98 Å². The van der Waals surface area contributed by atoms with Crippen molar-refractivity contribution in [2.45, 2.75) is 31.6 Å². The number of hydrogen-bond donors (Lipinski definition) is 3. The van der Waals surface area contributed by atoms with Gasteiger partial charge in [0.15, 0.2) is 5.82 Å². The fraction of sp³-hybridized carbons (Fsp3) is 0.412. The first kappa shape index (κ1) is 17.4. The van der Waals surface area contributed by atoms with E-state index in [0.29, 0.717) is 23.5 Å². The van der Waals surface area contributed by atoms with Crippen molar-refractivity contribution >= 4 is 17.3 Å². The van der Waals surface area contributed by atoms with Crippen LogP contribution in [0.4, 0.5) is 5.95 Å². The summed E-state index contributed by atoms with van der Waals surface area (Å²) in [6.45, 7) is 0.720. The van der Waals surface area contributed by atoms with Crippen LogP contribution in [0.25, 0.3) is 10.6 Å². The zero-order valence-corrected chi connectivity index (χ0v) is 15.3. The van der Waals surface area contributed by atoms with Crippen molar-refractivity contribution in [2.75, 3.05) is 11.9 Å². The molecule has 0 unspecified atom stereocenters. The van der Waals surface area contributed by atoms with Gasteiger partial charge >= 0.3 is 0 Å². The molecule has 3 N–H and O–H groups in total. The van der Waals surface area contributed by atoms with Crippen LogP contribution in [0.3, 0.4) is 0 Å². The van der Waals surface area contributed by atoms with Gasteiger partial charge in [0.1, 0.15) is 17.3 Å². The van der Waals surface area contributed by atoms with Crippen LogP contribution >= 0.6 is 11.3 Å². The minimum absolute atomic E-state index is 0.0450. The maximum atomic E-state index is 12.2. The number of anilines is 1. The predicted octanol–water partition coefficient (Wildman–Crippen LogP) is 2.27. The quantitative estimate of drug-likeness (QED) is 0.615. The monoisotopic (exact) mass is 382 g/mol. The molecule has 10 heteroatoms. The van der Waals surface area contributed by atoms with E-state index in [1.165, 1.54) is 11.3 Å². The molecule has 0 radical (unpaired) electrons. The summed E-state index contributed by atoms with van der Waals surface area (Å²) in [5.41, 5.74) is 0.0578. The van der Waals surface area contributed by atoms with Crippen LogP contribution in [0, 0.1) is 17.2 Å². The summed E-state index contributed by atoms with van der Waals surface area (Å²) in [5.74, 6) is 2.04. The zero-order valence-electron chi connectivity index (χ0n) is 14.5. The topological polar surface area (TPSA) is 136 Å². The largest absolute Gasteiger partial charge is 0.355 e. The summed E-state index contributed by atoms with van der Waals surface area (Å²) >= 11 is 1.45. The molecule has 1 saturated carbocycles. The number of rotatable bonds is 5. The lowest BCUT2D eigenvalue weighted by Gasteiger charge is -2.26. The molecular weight excluding hydrogens is 364 g/mol. The van der Waals surface area contributed by atoms with E-state index < -0.39 is 5.56 Å². The van der Waals surface area contributed by atoms with Crippen molar-refractivity contribution in [3.05, 3.63) is 39.3 Å². The Kier molecular flexibility index (Phi) is 4.93. The third-order valence-corrected chi connectivity index (χ3v) is 5.79. The Hall–Kier alpha value is -3.06. The van der Waals surface area contributed by atoms with Gasteiger partial charge in [-0.1, -0.05) is 11.3 Å². The summed E-state index contributed by atoms with van der Waals surface area (Å²) < 4.78 is 0. The van der Waals surface area contributed by atoms with E-state index >= 15 is 0 Å². The van der Waals surface area contributed by atoms with Gasteiger partial charge in [0, 0.05) is 12.5 Å². The smallest absolute Gasteiger partial charge is 0.270 e. The van der Waals surface area contributed by atoms with Crippen molar-refractivity contribution in [1.29, 1.82) is 5.26 Å². The summed E-state index contributed by atoms with van der Waals surface area (Å²) in [6.07, 6.45) is 4.13. The lowest BCUT2D eigenvalue weighted by molar-refractivity contribution is 0.330. The summed E-state index contributed by atoms with van der Waals surface area (Å²) in [7, 11) is 0. The van der Waals surface area contributed by atoms with Gasteiger partial charge < -0.3 is 5.32 Å². The molecule has 0 aromatic carbocycles. The predicted molar refractivity (Wildman–Crippen MR) is 100 cm³/mol. The van der Waals surface area contributed by atoms with E-state index in [9.17, 15) is 10.1 Å². The molecule has 4 rings (SSSR count). The van der Waals surface area contributed by atoms with Gasteiger partial charge in [0.05, 0.1) is 4.88 Å². The number of aromatic nitrogens is 6. The minimum atomic E-state index is -0.417. The van der Waals surface area contributed by atoms with Crippen LogP contribution in [0.1, 0.15) is 43.0 Å². The maximum Gasteiger partial charge on any atom is 0.270 e. The average molecular weight is 382 g/mol. The Bertz CT molecular complexity index is 981. The van der Waals surface area contributed by atoms with Crippen LogP contribution in [0.15, 0.2) is 22.3 Å². The van der Waals surface area contributed by atoms with Crippen LogP contribution in [-0.4, -0.2) is 37.1 Å². The fourth-order valence-corrected chi connectivity index (χ4v) is 4.18. The van der Waals surface area contributed by atoms with Crippen molar-refractivity contribution in [1.82, 2.24) is 30.6 Å². The van der Waals surface area contributed by atoms with Gasteiger partial charge in [-0.2, -0.15) is 10.5 Å². The Morgan fingerprint density at radius 2 is 2.19 bits per heavy atom. The van der Waals surface area contributed by atoms with E-state index in [0.717, 1.165) is 42.9 Å². The van der Waals surface area contributed by atoms with E-state index in [1.54, 1.807) is 0 Å². The second-order valence-electron chi connectivity index (χ2n) is 6.60. The van der Waals surface area contributed by atoms with Gasteiger partial charge in [0.25, 0.3) is 5.56 Å². The van der Waals surface area contributed by atoms with E-state index in [1.807, 2.05) is 23.6 Å². The lowest BCUT2D eigenvalue weighted by atomic mass is 9.81. The van der Waals surface area contributed by atoms with E-state index in [-0.39, 0.29) is 5.56 Å². The van der Waals surface area contributed by atoms with Gasteiger partial charge in [-0.15, -0.1) is 21.5 Å². The molecule has 0 atom stereocenters. The highest BCUT2D eigenvalue weighted by atomic mass is 32.1. The Morgan fingerprint density at radius 3 is 2.85 bits per heavy atom. The number of aromatic amines is 2. The highest BCUT2D eigenvalue weighted by Crippen LogP contribution is 2.34. The molecule has 0 bridgehead atoms. The highest BCUT2D eigenvalue weighted by Gasteiger charge is 2.25. The second kappa shape index (κ2) is 7.67. The van der Waals surface area contributed by atoms with Gasteiger partial charge in [0.2, 0.25) is 5.95 Å². The van der Waals surface area contributed by atoms with Crippen LogP contribution in [-0.2, 0) is 0 Å². The molecule has 0 amide bonds. The van der Waals surface area contributed by atoms with Crippen molar-refractivity contribution in [3.63, 3.8) is 0 Å². The molecule has 3 aromatic rings. The molecule has 1 aliphatic carbocycles. The van der Waals surface area contributed by atoms with Crippen molar-refractivity contribution < 1.29 is 0 Å². The Morgan fingerprint density at radius 1 is 1.33 bits per heavy atom. The molecule has 0 saturated heterocycles. The number of nitrogens with zero attached hydrogens (tertiary/aromatic N) is 5. The Labute approximate surface area is 158 Å². The molecule has 9 nitrogen and oxygen atoms in total. The van der Waals surface area contributed by atoms with Crippen LogP contribution in [0.2, 0.25) is 0 Å². The Balaban J connectivity index is 1.42. The standard InChI is InChI=1S/C17H18N8OS/c18-8-12-14(13-2-1-7-27-13)20-17(21-16(12)26)19-9-10-3-5-11(6-4-10)15-22-24-25-23-15/h1-2,7,10-11H,3-6,9H2,(H2,19,20,21,26)(H,22,23,24,25). The van der Waals surface area contributed by atoms with Gasteiger partial charge in [-0.05, 0) is 43.0 Å². The third kappa shape index (κ3) is 3.73. The normalized spacial score (nSPS) is 19.5. The molecule has 0 spiro atoms. The van der Waals surface area contributed by atoms with Crippen molar-refractivity contribution in [3.8, 4) is 16.6 Å². The zero-order chi connectivity index (χ0) is 18.6. The van der Waals surface area contributed by atoms with Crippen LogP contribution < -0.4 is 10.9 Å². The third-order valence-electron chi connectivity index (χ3n) is 4.92. The second-order valence-corrected chi connectivity index (χ2v) is 7.54. The van der Waals surface area contributed by atoms with Gasteiger partial charge in [-0.3, -0.25) is 9.78 Å². The first-order chi connectivity index (χ1) is 13.2. The fourth-order valence-electron chi connectivity index (χ4n) is 3.46. The average Bonchev–Trinajstić information content (AvgIpc) is 3.40. The number of hydrogen-bond acceptors (Lipinski definition) is 8. The van der Waals surface area contributed by atoms with Crippen molar-refractivity contribution in [2.24, 2.45) is 5.92 Å².